The maximum atomic E-state index is 14.8. The summed E-state index contributed by atoms with van der Waals surface area (Å²) in [6, 6.07) is 3.61. The summed E-state index contributed by atoms with van der Waals surface area (Å²) in [6.07, 6.45) is 0.225. The number of hydrogen-bond acceptors (Lipinski definition) is 7. The van der Waals surface area contributed by atoms with Crippen molar-refractivity contribution in [3.05, 3.63) is 41.0 Å². The molecular formula is C23H27FN4O5. The lowest BCUT2D eigenvalue weighted by Gasteiger charge is -2.36. The Labute approximate surface area is 191 Å². The molecule has 2 aliphatic rings. The third-order valence-corrected chi connectivity index (χ3v) is 5.35. The van der Waals surface area contributed by atoms with Gasteiger partial charge in [-0.25, -0.2) is 18.8 Å². The average molecular weight is 458 g/mol. The van der Waals surface area contributed by atoms with Gasteiger partial charge in [-0.3, -0.25) is 4.79 Å². The van der Waals surface area contributed by atoms with Crippen molar-refractivity contribution in [2.75, 3.05) is 31.1 Å². The molecule has 0 spiro atoms. The molecule has 2 N–H and O–H groups in total. The lowest BCUT2D eigenvalue weighted by Crippen LogP contribution is -2.50. The van der Waals surface area contributed by atoms with Crippen molar-refractivity contribution >= 4 is 29.6 Å². The van der Waals surface area contributed by atoms with Crippen molar-refractivity contribution in [1.82, 2.24) is 15.5 Å². The number of hydrogen-bond donors (Lipinski definition) is 2. The zero-order chi connectivity index (χ0) is 24.2. The maximum Gasteiger partial charge on any atom is 0.410 e. The van der Waals surface area contributed by atoms with Crippen LogP contribution in [0.4, 0.5) is 14.9 Å². The zero-order valence-electron chi connectivity index (χ0n) is 18.9. The SMILES string of the molecule is CC(C)(C)OC(=O)N1CCN(c2ccc(C(=O)N[C@H]3CCC(=C=O)NC3=C=O)c(F)c2)CC1. The molecule has 3 rings (SSSR count). The van der Waals surface area contributed by atoms with Crippen LogP contribution in [0.25, 0.3) is 0 Å². The first-order valence-electron chi connectivity index (χ1n) is 10.7. The number of amides is 2. The topological polar surface area (TPSA) is 108 Å². The first-order chi connectivity index (χ1) is 15.6. The lowest BCUT2D eigenvalue weighted by molar-refractivity contribution is 0.0240. The average Bonchev–Trinajstić information content (AvgIpc) is 2.78. The summed E-state index contributed by atoms with van der Waals surface area (Å²) in [5.41, 5.74) is 0.0838. The summed E-state index contributed by atoms with van der Waals surface area (Å²) in [7, 11) is 0. The second-order valence-corrected chi connectivity index (χ2v) is 8.90. The smallest absolute Gasteiger partial charge is 0.410 e. The van der Waals surface area contributed by atoms with E-state index in [-0.39, 0.29) is 23.1 Å². The van der Waals surface area contributed by atoms with Gasteiger partial charge in [0.1, 0.15) is 34.7 Å². The Kier molecular flexibility index (Phi) is 7.21. The number of carbonyl (C=O) groups excluding carboxylic acids is 4. The van der Waals surface area contributed by atoms with Crippen LogP contribution in [0.3, 0.4) is 0 Å². The third kappa shape index (κ3) is 6.00. The molecule has 2 heterocycles. The van der Waals surface area contributed by atoms with Crippen molar-refractivity contribution in [2.24, 2.45) is 0 Å². The van der Waals surface area contributed by atoms with Crippen LogP contribution in [0.15, 0.2) is 29.6 Å². The Morgan fingerprint density at radius 3 is 2.42 bits per heavy atom. The summed E-state index contributed by atoms with van der Waals surface area (Å²) >= 11 is 0. The number of rotatable bonds is 3. The fourth-order valence-electron chi connectivity index (χ4n) is 3.66. The second-order valence-electron chi connectivity index (χ2n) is 8.90. The Hall–Kier alpha value is -3.61. The van der Waals surface area contributed by atoms with Crippen molar-refractivity contribution in [2.45, 2.75) is 45.3 Å². The molecule has 0 aromatic heterocycles. The number of piperidine rings is 1. The molecule has 2 fully saturated rings. The minimum absolute atomic E-state index is 0.00726. The van der Waals surface area contributed by atoms with Crippen LogP contribution in [0.5, 0.6) is 0 Å². The van der Waals surface area contributed by atoms with Crippen LogP contribution in [-0.4, -0.2) is 66.6 Å². The fourth-order valence-corrected chi connectivity index (χ4v) is 3.66. The van der Waals surface area contributed by atoms with Crippen LogP contribution in [0.2, 0.25) is 0 Å². The largest absolute Gasteiger partial charge is 0.444 e. The highest BCUT2D eigenvalue weighted by Gasteiger charge is 2.28. The maximum absolute atomic E-state index is 14.8. The number of carbonyl (C=O) groups is 2. The van der Waals surface area contributed by atoms with Crippen molar-refractivity contribution < 1.29 is 28.3 Å². The van der Waals surface area contributed by atoms with Crippen molar-refractivity contribution in [3.63, 3.8) is 0 Å². The quantitative estimate of drug-likeness (QED) is 0.665. The molecule has 1 aromatic carbocycles. The predicted molar refractivity (Wildman–Crippen MR) is 118 cm³/mol. The summed E-state index contributed by atoms with van der Waals surface area (Å²) in [5, 5.41) is 5.19. The third-order valence-electron chi connectivity index (χ3n) is 5.35. The number of nitrogens with one attached hydrogen (secondary N) is 2. The van der Waals surface area contributed by atoms with Gasteiger partial charge in [0.2, 0.25) is 0 Å². The van der Waals surface area contributed by atoms with E-state index in [9.17, 15) is 23.6 Å². The number of halogens is 1. The van der Waals surface area contributed by atoms with E-state index in [0.29, 0.717) is 44.7 Å². The molecule has 2 amide bonds. The fraction of sp³-hybridized carbons (Fsp3) is 0.478. The zero-order valence-corrected chi connectivity index (χ0v) is 18.9. The van der Waals surface area contributed by atoms with Gasteiger partial charge in [0.15, 0.2) is 0 Å². The van der Waals surface area contributed by atoms with Crippen molar-refractivity contribution in [3.8, 4) is 0 Å². The molecular weight excluding hydrogens is 431 g/mol. The highest BCUT2D eigenvalue weighted by molar-refractivity contribution is 5.95. The lowest BCUT2D eigenvalue weighted by atomic mass is 10.0. The van der Waals surface area contributed by atoms with Crippen LogP contribution in [0.1, 0.15) is 44.0 Å². The number of anilines is 1. The molecule has 33 heavy (non-hydrogen) atoms. The van der Waals surface area contributed by atoms with E-state index in [1.807, 2.05) is 25.7 Å². The highest BCUT2D eigenvalue weighted by atomic mass is 19.1. The molecule has 0 radical (unpaired) electrons. The van der Waals surface area contributed by atoms with E-state index in [4.69, 9.17) is 4.74 Å². The Bertz CT molecular complexity index is 1030. The predicted octanol–water partition coefficient (Wildman–Crippen LogP) is 1.80. The molecule has 10 heteroatoms. The first kappa shape index (κ1) is 24.0. The molecule has 2 saturated heterocycles. The molecule has 9 nitrogen and oxygen atoms in total. The molecule has 0 unspecified atom stereocenters. The van der Waals surface area contributed by atoms with Gasteiger partial charge in [-0.2, -0.15) is 0 Å². The molecule has 0 aliphatic carbocycles. The van der Waals surface area contributed by atoms with Gasteiger partial charge in [-0.15, -0.1) is 0 Å². The van der Waals surface area contributed by atoms with E-state index in [1.54, 1.807) is 22.8 Å². The van der Waals surface area contributed by atoms with Gasteiger partial charge in [0.25, 0.3) is 5.91 Å². The molecule has 2 aliphatic heterocycles. The second kappa shape index (κ2) is 9.90. The number of benzene rings is 1. The van der Waals surface area contributed by atoms with Gasteiger partial charge in [0.05, 0.1) is 11.6 Å². The first-order valence-corrected chi connectivity index (χ1v) is 10.7. The molecule has 1 aromatic rings. The monoisotopic (exact) mass is 458 g/mol. The van der Waals surface area contributed by atoms with Gasteiger partial charge in [-0.1, -0.05) is 0 Å². The standard InChI is InChI=1S/C23H27FN4O5/c1-23(2,3)33-22(32)28-10-8-27(9-11-28)16-5-6-17(18(24)12-16)21(31)26-19-7-4-15(13-29)25-20(19)14-30/h5-6,12,19,25H,4,7-11H2,1-3H3,(H,26,31)/t19-/m0/s1. The minimum Gasteiger partial charge on any atom is -0.444 e. The van der Waals surface area contributed by atoms with Crippen LogP contribution in [0, 0.1) is 5.82 Å². The number of ether oxygens (including phenoxy) is 1. The van der Waals surface area contributed by atoms with E-state index >= 15 is 0 Å². The van der Waals surface area contributed by atoms with Gasteiger partial charge < -0.3 is 25.2 Å². The van der Waals surface area contributed by atoms with Gasteiger partial charge in [0, 0.05) is 38.3 Å². The van der Waals surface area contributed by atoms with Gasteiger partial charge in [-0.05, 0) is 45.4 Å². The summed E-state index contributed by atoms with van der Waals surface area (Å²) in [5.74, 6) is 1.98. The molecule has 1 atom stereocenters. The Morgan fingerprint density at radius 1 is 1.15 bits per heavy atom. The normalized spacial score (nSPS) is 18.7. The number of allylic oxidation sites excluding steroid dienone is 1. The minimum atomic E-state index is -0.702. The van der Waals surface area contributed by atoms with Crippen LogP contribution >= 0.6 is 0 Å². The Morgan fingerprint density at radius 2 is 1.85 bits per heavy atom. The summed E-state index contributed by atoms with van der Waals surface area (Å²) in [6.45, 7) is 7.29. The Balaban J connectivity index is 1.61. The van der Waals surface area contributed by atoms with Gasteiger partial charge >= 0.3 is 6.09 Å². The highest BCUT2D eigenvalue weighted by Crippen LogP contribution is 2.22. The molecule has 0 bridgehead atoms. The molecule has 0 saturated carbocycles. The van der Waals surface area contributed by atoms with Crippen LogP contribution < -0.4 is 15.5 Å². The number of nitrogens with zero attached hydrogens (tertiary/aromatic N) is 2. The van der Waals surface area contributed by atoms with E-state index in [0.717, 1.165) is 0 Å². The van der Waals surface area contributed by atoms with E-state index in [2.05, 4.69) is 10.6 Å². The van der Waals surface area contributed by atoms with Crippen molar-refractivity contribution in [1.29, 1.82) is 0 Å². The summed E-state index contributed by atoms with van der Waals surface area (Å²) in [4.78, 5) is 50.2. The molecule has 176 valence electrons. The number of piperazine rings is 1. The van der Waals surface area contributed by atoms with Crippen LogP contribution in [-0.2, 0) is 14.3 Å². The summed E-state index contributed by atoms with van der Waals surface area (Å²) < 4.78 is 20.2. The van der Waals surface area contributed by atoms with E-state index in [1.165, 1.54) is 12.1 Å². The van der Waals surface area contributed by atoms with E-state index < -0.39 is 23.4 Å².